The smallest absolute Gasteiger partial charge is 0.416 e. The molecule has 1 aliphatic rings. The molecule has 0 aliphatic carbocycles. The minimum atomic E-state index is -4.41. The van der Waals surface area contributed by atoms with Gasteiger partial charge in [0.25, 0.3) is 5.91 Å². The average molecular weight is 382 g/mol. The Hall–Kier alpha value is -2.42. The Morgan fingerprint density at radius 1 is 1.11 bits per heavy atom. The van der Waals surface area contributed by atoms with Gasteiger partial charge in [0, 0.05) is 37.7 Å². The van der Waals surface area contributed by atoms with E-state index in [1.807, 2.05) is 13.8 Å². The molecule has 1 aromatic heterocycles. The van der Waals surface area contributed by atoms with Crippen molar-refractivity contribution in [1.29, 1.82) is 0 Å². The van der Waals surface area contributed by atoms with E-state index in [-0.39, 0.29) is 17.4 Å². The molecule has 0 unspecified atom stereocenters. The predicted octanol–water partition coefficient (Wildman–Crippen LogP) is 3.17. The second-order valence-electron chi connectivity index (χ2n) is 6.83. The van der Waals surface area contributed by atoms with Gasteiger partial charge in [-0.15, -0.1) is 10.2 Å². The number of carbonyl (C=O) groups is 1. The van der Waals surface area contributed by atoms with Gasteiger partial charge < -0.3 is 9.32 Å². The molecular weight excluding hydrogens is 361 g/mol. The number of hydrogen-bond acceptors (Lipinski definition) is 5. The predicted molar refractivity (Wildman–Crippen MR) is 91.0 cm³/mol. The molecule has 0 N–H and O–H groups in total. The molecule has 6 nitrogen and oxygen atoms in total. The molecule has 1 aromatic carbocycles. The zero-order valence-corrected chi connectivity index (χ0v) is 15.2. The van der Waals surface area contributed by atoms with Crippen LogP contribution in [0.15, 0.2) is 28.7 Å². The first-order valence-corrected chi connectivity index (χ1v) is 8.75. The Morgan fingerprint density at radius 3 is 2.26 bits per heavy atom. The molecular formula is C18H21F3N4O2. The van der Waals surface area contributed by atoms with Crippen LogP contribution in [0.4, 0.5) is 13.2 Å². The van der Waals surface area contributed by atoms with Crippen LogP contribution in [-0.4, -0.2) is 52.1 Å². The summed E-state index contributed by atoms with van der Waals surface area (Å²) in [5.74, 6) is 1.05. The fraction of sp³-hybridized carbons (Fsp3) is 0.500. The number of piperazine rings is 1. The summed E-state index contributed by atoms with van der Waals surface area (Å²) >= 11 is 0. The van der Waals surface area contributed by atoms with Gasteiger partial charge in [-0.2, -0.15) is 13.2 Å². The largest absolute Gasteiger partial charge is 0.424 e. The van der Waals surface area contributed by atoms with Crippen LogP contribution in [0.25, 0.3) is 0 Å². The Bertz CT molecular complexity index is 779. The highest BCUT2D eigenvalue weighted by atomic mass is 19.4. The number of alkyl halides is 3. The fourth-order valence-electron chi connectivity index (χ4n) is 2.85. The van der Waals surface area contributed by atoms with E-state index >= 15 is 0 Å². The van der Waals surface area contributed by atoms with Gasteiger partial charge in [0.1, 0.15) is 0 Å². The summed E-state index contributed by atoms with van der Waals surface area (Å²) in [6, 6.07) is 4.32. The molecule has 2 aromatic rings. The average Bonchev–Trinajstić information content (AvgIpc) is 3.10. The van der Waals surface area contributed by atoms with E-state index in [9.17, 15) is 18.0 Å². The van der Waals surface area contributed by atoms with Crippen molar-refractivity contribution in [3.8, 4) is 0 Å². The van der Waals surface area contributed by atoms with Crippen LogP contribution in [0.2, 0.25) is 0 Å². The van der Waals surface area contributed by atoms with Crippen molar-refractivity contribution in [3.63, 3.8) is 0 Å². The number of benzene rings is 1. The highest BCUT2D eigenvalue weighted by Gasteiger charge is 2.30. The normalized spacial score (nSPS) is 16.1. The molecule has 2 heterocycles. The summed E-state index contributed by atoms with van der Waals surface area (Å²) in [5, 5.41) is 8.03. The van der Waals surface area contributed by atoms with Gasteiger partial charge in [0.15, 0.2) is 0 Å². The Balaban J connectivity index is 1.54. The lowest BCUT2D eigenvalue weighted by Gasteiger charge is -2.34. The van der Waals surface area contributed by atoms with Gasteiger partial charge in [0.2, 0.25) is 11.8 Å². The standard InChI is InChI=1S/C18H21F3N4O2/c1-12(2)16-23-22-15(27-16)11-24-7-9-25(10-8-24)17(26)13-3-5-14(6-4-13)18(19,20)21/h3-6,12H,7-11H2,1-2H3. The Morgan fingerprint density at radius 2 is 1.74 bits per heavy atom. The molecule has 1 saturated heterocycles. The SMILES string of the molecule is CC(C)c1nnc(CN2CCN(C(=O)c3ccc(C(F)(F)F)cc3)CC2)o1. The minimum absolute atomic E-state index is 0.171. The number of aromatic nitrogens is 2. The molecule has 1 fully saturated rings. The van der Waals surface area contributed by atoms with Crippen molar-refractivity contribution in [2.24, 2.45) is 0 Å². The summed E-state index contributed by atoms with van der Waals surface area (Å²) < 4.78 is 43.5. The third kappa shape index (κ3) is 4.65. The van der Waals surface area contributed by atoms with Crippen LogP contribution in [0.1, 0.15) is 47.5 Å². The van der Waals surface area contributed by atoms with Crippen molar-refractivity contribution >= 4 is 5.91 Å². The van der Waals surface area contributed by atoms with Crippen LogP contribution in [0.3, 0.4) is 0 Å². The van der Waals surface area contributed by atoms with Gasteiger partial charge in [-0.25, -0.2) is 0 Å². The fourth-order valence-corrected chi connectivity index (χ4v) is 2.85. The topological polar surface area (TPSA) is 62.5 Å². The quantitative estimate of drug-likeness (QED) is 0.813. The highest BCUT2D eigenvalue weighted by molar-refractivity contribution is 5.94. The van der Waals surface area contributed by atoms with E-state index in [1.54, 1.807) is 4.90 Å². The lowest BCUT2D eigenvalue weighted by atomic mass is 10.1. The van der Waals surface area contributed by atoms with Gasteiger partial charge in [-0.1, -0.05) is 13.8 Å². The maximum absolute atomic E-state index is 12.6. The zero-order valence-electron chi connectivity index (χ0n) is 15.2. The molecule has 0 spiro atoms. The molecule has 27 heavy (non-hydrogen) atoms. The molecule has 0 radical (unpaired) electrons. The number of rotatable bonds is 4. The molecule has 0 saturated carbocycles. The Labute approximate surface area is 155 Å². The van der Waals surface area contributed by atoms with E-state index in [0.29, 0.717) is 44.5 Å². The maximum atomic E-state index is 12.6. The third-order valence-corrected chi connectivity index (χ3v) is 4.45. The first-order chi connectivity index (χ1) is 12.7. The number of amides is 1. The summed E-state index contributed by atoms with van der Waals surface area (Å²) in [7, 11) is 0. The van der Waals surface area contributed by atoms with E-state index in [0.717, 1.165) is 12.1 Å². The van der Waals surface area contributed by atoms with E-state index in [1.165, 1.54) is 12.1 Å². The number of halogens is 3. The van der Waals surface area contributed by atoms with Crippen LogP contribution >= 0.6 is 0 Å². The van der Waals surface area contributed by atoms with Crippen molar-refractivity contribution in [2.75, 3.05) is 26.2 Å². The number of nitrogens with zero attached hydrogens (tertiary/aromatic N) is 4. The van der Waals surface area contributed by atoms with Crippen molar-refractivity contribution in [1.82, 2.24) is 20.0 Å². The second-order valence-corrected chi connectivity index (χ2v) is 6.83. The van der Waals surface area contributed by atoms with Crippen molar-refractivity contribution in [3.05, 3.63) is 47.2 Å². The number of hydrogen-bond donors (Lipinski definition) is 0. The monoisotopic (exact) mass is 382 g/mol. The second kappa shape index (κ2) is 7.67. The third-order valence-electron chi connectivity index (χ3n) is 4.45. The summed E-state index contributed by atoms with van der Waals surface area (Å²) in [6.45, 7) is 6.71. The minimum Gasteiger partial charge on any atom is -0.424 e. The highest BCUT2D eigenvalue weighted by Crippen LogP contribution is 2.29. The van der Waals surface area contributed by atoms with E-state index in [4.69, 9.17) is 4.42 Å². The first kappa shape index (κ1) is 19.3. The zero-order chi connectivity index (χ0) is 19.6. The maximum Gasteiger partial charge on any atom is 0.416 e. The summed E-state index contributed by atoms with van der Waals surface area (Å²) in [6.07, 6.45) is -4.41. The van der Waals surface area contributed by atoms with Gasteiger partial charge in [-0.05, 0) is 24.3 Å². The lowest BCUT2D eigenvalue weighted by molar-refractivity contribution is -0.137. The molecule has 9 heteroatoms. The van der Waals surface area contributed by atoms with Gasteiger partial charge in [-0.3, -0.25) is 9.69 Å². The summed E-state index contributed by atoms with van der Waals surface area (Å²) in [4.78, 5) is 16.2. The van der Waals surface area contributed by atoms with Gasteiger partial charge in [0.05, 0.1) is 12.1 Å². The van der Waals surface area contributed by atoms with E-state index in [2.05, 4.69) is 15.1 Å². The van der Waals surface area contributed by atoms with Gasteiger partial charge >= 0.3 is 6.18 Å². The van der Waals surface area contributed by atoms with Crippen molar-refractivity contribution in [2.45, 2.75) is 32.5 Å². The van der Waals surface area contributed by atoms with Crippen LogP contribution in [0, 0.1) is 0 Å². The van der Waals surface area contributed by atoms with Crippen LogP contribution in [0.5, 0.6) is 0 Å². The van der Waals surface area contributed by atoms with Crippen LogP contribution < -0.4 is 0 Å². The molecule has 1 aliphatic heterocycles. The first-order valence-electron chi connectivity index (χ1n) is 8.75. The van der Waals surface area contributed by atoms with Crippen molar-refractivity contribution < 1.29 is 22.4 Å². The molecule has 146 valence electrons. The molecule has 3 rings (SSSR count). The lowest BCUT2D eigenvalue weighted by Crippen LogP contribution is -2.48. The van der Waals surface area contributed by atoms with Crippen LogP contribution in [-0.2, 0) is 12.7 Å². The number of carbonyl (C=O) groups excluding carboxylic acids is 1. The van der Waals surface area contributed by atoms with E-state index < -0.39 is 11.7 Å². The Kier molecular flexibility index (Phi) is 5.50. The summed E-state index contributed by atoms with van der Waals surface area (Å²) in [5.41, 5.74) is -0.501. The molecule has 0 atom stereocenters. The molecule has 0 bridgehead atoms. The molecule has 1 amide bonds.